The molecule has 0 spiro atoms. The maximum absolute atomic E-state index is 13.8. The van der Waals surface area contributed by atoms with E-state index >= 15 is 0 Å². The highest BCUT2D eigenvalue weighted by molar-refractivity contribution is 7.99. The number of halogens is 1. The molecule has 2 heterocycles. The van der Waals surface area contributed by atoms with E-state index in [2.05, 4.69) is 22.1 Å². The predicted molar refractivity (Wildman–Crippen MR) is 130 cm³/mol. The number of allylic oxidation sites excluding steroid dienone is 1. The smallest absolute Gasteiger partial charge is 0.254 e. The van der Waals surface area contributed by atoms with E-state index in [0.29, 0.717) is 29.6 Å². The Balaban J connectivity index is 1.50. The first-order chi connectivity index (χ1) is 16.5. The van der Waals surface area contributed by atoms with E-state index in [9.17, 15) is 14.0 Å². The average Bonchev–Trinajstić information content (AvgIpc) is 3.46. The molecule has 3 aromatic rings. The van der Waals surface area contributed by atoms with Gasteiger partial charge in [0, 0.05) is 18.7 Å². The number of thioether (sulfide) groups is 1. The van der Waals surface area contributed by atoms with Crippen molar-refractivity contribution in [3.8, 4) is 0 Å². The summed E-state index contributed by atoms with van der Waals surface area (Å²) < 4.78 is 15.7. The van der Waals surface area contributed by atoms with Gasteiger partial charge in [0.1, 0.15) is 5.82 Å². The lowest BCUT2D eigenvalue weighted by molar-refractivity contribution is -0.113. The second-order valence-electron chi connectivity index (χ2n) is 8.08. The van der Waals surface area contributed by atoms with Crippen molar-refractivity contribution in [2.75, 3.05) is 17.6 Å². The quantitative estimate of drug-likeness (QED) is 0.377. The minimum atomic E-state index is -0.488. The number of benzene rings is 2. The number of aromatic nitrogens is 3. The summed E-state index contributed by atoms with van der Waals surface area (Å²) in [5.41, 5.74) is 1.82. The summed E-state index contributed by atoms with van der Waals surface area (Å²) in [4.78, 5) is 27.4. The van der Waals surface area contributed by atoms with Gasteiger partial charge in [0.2, 0.25) is 5.91 Å². The maximum Gasteiger partial charge on any atom is 0.254 e. The maximum atomic E-state index is 13.8. The summed E-state index contributed by atoms with van der Waals surface area (Å²) in [5.74, 6) is -0.145. The van der Waals surface area contributed by atoms with Crippen molar-refractivity contribution in [2.45, 2.75) is 37.5 Å². The van der Waals surface area contributed by atoms with Gasteiger partial charge in [-0.1, -0.05) is 47.7 Å². The van der Waals surface area contributed by atoms with Crippen molar-refractivity contribution >= 4 is 29.3 Å². The molecule has 1 N–H and O–H groups in total. The molecule has 9 heteroatoms. The third-order valence-electron chi connectivity index (χ3n) is 5.61. The monoisotopic (exact) mass is 479 g/mol. The van der Waals surface area contributed by atoms with Gasteiger partial charge in [-0.3, -0.25) is 9.59 Å². The van der Waals surface area contributed by atoms with Crippen LogP contribution in [-0.4, -0.2) is 43.8 Å². The molecule has 2 amide bonds. The highest BCUT2D eigenvalue weighted by Gasteiger charge is 2.34. The predicted octanol–water partition coefficient (Wildman–Crippen LogP) is 4.62. The number of para-hydroxylation sites is 1. The summed E-state index contributed by atoms with van der Waals surface area (Å²) in [7, 11) is 0. The van der Waals surface area contributed by atoms with Gasteiger partial charge >= 0.3 is 0 Å². The molecule has 0 radical (unpaired) electrons. The van der Waals surface area contributed by atoms with Crippen LogP contribution in [0.4, 0.5) is 10.1 Å². The van der Waals surface area contributed by atoms with E-state index in [-0.39, 0.29) is 29.3 Å². The number of aryl methyl sites for hydroxylation is 1. The summed E-state index contributed by atoms with van der Waals surface area (Å²) >= 11 is 1.21. The molecule has 2 aromatic carbocycles. The molecule has 176 valence electrons. The number of carbonyl (C=O) groups excluding carboxylic acids is 2. The van der Waals surface area contributed by atoms with Crippen LogP contribution < -0.4 is 5.32 Å². The molecule has 1 atom stereocenters. The van der Waals surface area contributed by atoms with Crippen LogP contribution in [0.25, 0.3) is 0 Å². The second-order valence-corrected chi connectivity index (χ2v) is 9.03. The molecule has 7 nitrogen and oxygen atoms in total. The van der Waals surface area contributed by atoms with Crippen LogP contribution in [0.15, 0.2) is 66.3 Å². The number of hydrogen-bond donors (Lipinski definition) is 1. The molecule has 4 rings (SSSR count). The Morgan fingerprint density at radius 3 is 2.82 bits per heavy atom. The number of amides is 2. The van der Waals surface area contributed by atoms with Crippen molar-refractivity contribution in [3.63, 3.8) is 0 Å². The molecule has 1 aliphatic rings. The van der Waals surface area contributed by atoms with Gasteiger partial charge < -0.3 is 14.8 Å². The van der Waals surface area contributed by atoms with E-state index in [0.717, 1.165) is 18.4 Å². The van der Waals surface area contributed by atoms with Crippen LogP contribution >= 0.6 is 11.8 Å². The van der Waals surface area contributed by atoms with E-state index in [1.54, 1.807) is 18.2 Å². The number of likely N-dealkylation sites (tertiary alicyclic amines) is 1. The summed E-state index contributed by atoms with van der Waals surface area (Å²) in [6, 6.07) is 13.4. The van der Waals surface area contributed by atoms with Crippen molar-refractivity contribution < 1.29 is 14.0 Å². The van der Waals surface area contributed by atoms with E-state index in [4.69, 9.17) is 0 Å². The minimum Gasteiger partial charge on any atom is -0.328 e. The van der Waals surface area contributed by atoms with Crippen molar-refractivity contribution in [1.82, 2.24) is 19.7 Å². The lowest BCUT2D eigenvalue weighted by Crippen LogP contribution is -2.32. The Hall–Kier alpha value is -3.46. The van der Waals surface area contributed by atoms with Crippen LogP contribution in [0.3, 0.4) is 0 Å². The van der Waals surface area contributed by atoms with E-state index in [1.165, 1.54) is 23.9 Å². The number of nitrogens with zero attached hydrogens (tertiary/aromatic N) is 4. The normalized spacial score (nSPS) is 15.4. The molecule has 34 heavy (non-hydrogen) atoms. The fourth-order valence-corrected chi connectivity index (χ4v) is 4.81. The lowest BCUT2D eigenvalue weighted by Gasteiger charge is -2.25. The number of carbonyl (C=O) groups is 2. The third-order valence-corrected chi connectivity index (χ3v) is 6.58. The SMILES string of the molecule is C=CCn1c(SCC(=O)Nc2ccccc2F)nnc1C1CCCN1C(=O)c1cccc(C)c1. The molecule has 0 bridgehead atoms. The third kappa shape index (κ3) is 5.20. The number of rotatable bonds is 8. The van der Waals surface area contributed by atoms with Crippen molar-refractivity contribution in [1.29, 1.82) is 0 Å². The molecule has 1 fully saturated rings. The van der Waals surface area contributed by atoms with Crippen molar-refractivity contribution in [2.24, 2.45) is 0 Å². The Morgan fingerprint density at radius 2 is 2.06 bits per heavy atom. The minimum absolute atomic E-state index is 0.0298. The van der Waals surface area contributed by atoms with Crippen LogP contribution in [0, 0.1) is 12.7 Å². The first-order valence-corrected chi connectivity index (χ1v) is 12.1. The molecule has 0 saturated carbocycles. The molecule has 1 saturated heterocycles. The fourth-order valence-electron chi connectivity index (χ4n) is 4.06. The molecule has 1 aliphatic heterocycles. The van der Waals surface area contributed by atoms with Crippen LogP contribution in [0.1, 0.15) is 40.6 Å². The van der Waals surface area contributed by atoms with Gasteiger partial charge in [-0.05, 0) is 44.0 Å². The fraction of sp³-hybridized carbons (Fsp3) is 0.280. The topological polar surface area (TPSA) is 80.1 Å². The van der Waals surface area contributed by atoms with Gasteiger partial charge in [0.25, 0.3) is 5.91 Å². The van der Waals surface area contributed by atoms with Gasteiger partial charge in [0.05, 0.1) is 17.5 Å². The zero-order chi connectivity index (χ0) is 24.1. The summed E-state index contributed by atoms with van der Waals surface area (Å²) in [6.07, 6.45) is 3.39. The summed E-state index contributed by atoms with van der Waals surface area (Å²) in [5, 5.41) is 11.8. The first kappa shape index (κ1) is 23.7. The zero-order valence-corrected chi connectivity index (χ0v) is 19.7. The first-order valence-electron chi connectivity index (χ1n) is 11.1. The largest absolute Gasteiger partial charge is 0.328 e. The van der Waals surface area contributed by atoms with Gasteiger partial charge in [-0.25, -0.2) is 4.39 Å². The van der Waals surface area contributed by atoms with Crippen LogP contribution in [-0.2, 0) is 11.3 Å². The van der Waals surface area contributed by atoms with E-state index < -0.39 is 5.82 Å². The summed E-state index contributed by atoms with van der Waals surface area (Å²) in [6.45, 7) is 6.88. The number of nitrogens with one attached hydrogen (secondary N) is 1. The highest BCUT2D eigenvalue weighted by Crippen LogP contribution is 2.34. The van der Waals surface area contributed by atoms with E-state index in [1.807, 2.05) is 40.7 Å². The standard InChI is InChI=1S/C25H26FN5O2S/c1-3-13-31-23(21-12-7-14-30(21)24(33)18-9-6-8-17(2)15-18)28-29-25(31)34-16-22(32)27-20-11-5-4-10-19(20)26/h3-6,8-11,15,21H,1,7,12-14,16H2,2H3,(H,27,32). The zero-order valence-electron chi connectivity index (χ0n) is 18.9. The van der Waals surface area contributed by atoms with Crippen LogP contribution in [0.2, 0.25) is 0 Å². The molecule has 1 aromatic heterocycles. The molecular weight excluding hydrogens is 453 g/mol. The Labute approximate surface area is 202 Å². The second kappa shape index (κ2) is 10.6. The van der Waals surface area contributed by atoms with Gasteiger partial charge in [0.15, 0.2) is 11.0 Å². The molecule has 1 unspecified atom stereocenters. The van der Waals surface area contributed by atoms with Gasteiger partial charge in [-0.15, -0.1) is 16.8 Å². The number of hydrogen-bond acceptors (Lipinski definition) is 5. The molecule has 0 aliphatic carbocycles. The van der Waals surface area contributed by atoms with Gasteiger partial charge in [-0.2, -0.15) is 0 Å². The average molecular weight is 480 g/mol. The number of anilines is 1. The Morgan fingerprint density at radius 1 is 1.24 bits per heavy atom. The lowest BCUT2D eigenvalue weighted by atomic mass is 10.1. The van der Waals surface area contributed by atoms with Crippen molar-refractivity contribution in [3.05, 3.63) is 84.0 Å². The molecular formula is C25H26FN5O2S. The Kier molecular flexibility index (Phi) is 7.42. The van der Waals surface area contributed by atoms with Crippen LogP contribution in [0.5, 0.6) is 0 Å². The Bertz CT molecular complexity index is 1210. The highest BCUT2D eigenvalue weighted by atomic mass is 32.2.